The molecule has 4 aromatic heterocycles. The van der Waals surface area contributed by atoms with Crippen molar-refractivity contribution < 1.29 is 30.5 Å². The molecule has 354 valence electrons. The summed E-state index contributed by atoms with van der Waals surface area (Å²) in [7, 11) is 0. The molecular weight excluding hydrogens is 1080 g/mol. The molecule has 73 heavy (non-hydrogen) atoms. The maximum absolute atomic E-state index is 7.05. The first-order chi connectivity index (χ1) is 35.4. The van der Waals surface area contributed by atoms with Crippen LogP contribution in [0.5, 0.6) is 11.5 Å². The minimum Gasteiger partial charge on any atom is -0.510 e. The van der Waals surface area contributed by atoms with Gasteiger partial charge in [-0.1, -0.05) is 201 Å². The van der Waals surface area contributed by atoms with Crippen LogP contribution in [-0.2, 0) is 26.5 Å². The van der Waals surface area contributed by atoms with Crippen LogP contribution in [0.3, 0.4) is 0 Å². The average molecular weight is 1120 g/mol. The monoisotopic (exact) mass is 1120 g/mol. The maximum atomic E-state index is 7.05. The van der Waals surface area contributed by atoms with E-state index in [0.29, 0.717) is 23.0 Å². The molecule has 0 saturated heterocycles. The smallest absolute Gasteiger partial charge is 0.272 e. The summed E-state index contributed by atoms with van der Waals surface area (Å²) in [6, 6.07) is 83.2. The number of rotatable bonds is 9. The molecule has 7 nitrogen and oxygen atoms in total. The quantitative estimate of drug-likeness (QED) is 0.107. The Bertz CT molecular complexity index is 4060. The van der Waals surface area contributed by atoms with E-state index in [4.69, 9.17) is 14.8 Å². The molecule has 13 rings (SSSR count). The fourth-order valence-corrected chi connectivity index (χ4v) is 10.2. The summed E-state index contributed by atoms with van der Waals surface area (Å²) in [5.74, 6) is 2.54. The predicted octanol–water partition coefficient (Wildman–Crippen LogP) is 15.2. The van der Waals surface area contributed by atoms with E-state index in [1.54, 1.807) is 0 Å². The van der Waals surface area contributed by atoms with Crippen LogP contribution < -0.4 is 9.42 Å². The van der Waals surface area contributed by atoms with Gasteiger partial charge >= 0.3 is 0 Å². The number of ether oxygens (including phenoxy) is 1. The molecule has 0 atom stereocenters. The van der Waals surface area contributed by atoms with Crippen LogP contribution in [0.15, 0.2) is 225 Å². The van der Waals surface area contributed by atoms with Crippen LogP contribution in [0.25, 0.3) is 100 Å². The molecule has 0 N–H and O–H groups in total. The number of hydrogen-bond acceptors (Lipinski definition) is 3. The van der Waals surface area contributed by atoms with Crippen LogP contribution in [0.1, 0.15) is 26.3 Å². The average Bonchev–Trinajstić information content (AvgIpc) is 4.12. The zero-order valence-electron chi connectivity index (χ0n) is 40.3. The maximum Gasteiger partial charge on any atom is 0.272 e. The normalized spacial score (nSPS) is 11.7. The molecule has 0 aliphatic rings. The van der Waals surface area contributed by atoms with E-state index in [-0.39, 0.29) is 26.5 Å². The van der Waals surface area contributed by atoms with Crippen molar-refractivity contribution in [2.75, 3.05) is 0 Å². The van der Waals surface area contributed by atoms with Crippen LogP contribution in [-0.4, -0.2) is 23.8 Å². The third-order valence-corrected chi connectivity index (χ3v) is 13.6. The second-order valence-electron chi connectivity index (χ2n) is 19.1. The Kier molecular flexibility index (Phi) is 11.5. The van der Waals surface area contributed by atoms with Gasteiger partial charge in [-0.25, -0.2) is 4.98 Å². The number of nitrogens with zero attached hydrogens (tertiary/aromatic N) is 6. The molecule has 0 aliphatic carbocycles. The Hall–Kier alpha value is -8.64. The van der Waals surface area contributed by atoms with Gasteiger partial charge in [-0.15, -0.1) is 29.4 Å². The van der Waals surface area contributed by atoms with E-state index in [9.17, 15) is 0 Å². The van der Waals surface area contributed by atoms with E-state index < -0.39 is 0 Å². The van der Waals surface area contributed by atoms with E-state index >= 15 is 0 Å². The first kappa shape index (κ1) is 45.5. The Morgan fingerprint density at radius 1 is 0.507 bits per heavy atom. The van der Waals surface area contributed by atoms with Gasteiger partial charge in [0.05, 0.1) is 16.7 Å². The summed E-state index contributed by atoms with van der Waals surface area (Å²) in [5, 5.41) is 9.84. The van der Waals surface area contributed by atoms with E-state index in [0.717, 1.165) is 77.8 Å². The molecule has 0 radical (unpaired) electrons. The van der Waals surface area contributed by atoms with Gasteiger partial charge in [-0.2, -0.15) is 16.8 Å². The Balaban J connectivity index is 0.00000543. The first-order valence-electron chi connectivity index (χ1n) is 24.3. The minimum atomic E-state index is -0.0921. The first-order valence-corrected chi connectivity index (χ1v) is 24.3. The predicted molar refractivity (Wildman–Crippen MR) is 290 cm³/mol. The third-order valence-electron chi connectivity index (χ3n) is 13.6. The van der Waals surface area contributed by atoms with Crippen molar-refractivity contribution in [1.82, 2.24) is 23.8 Å². The molecule has 13 aromatic rings. The summed E-state index contributed by atoms with van der Waals surface area (Å²) >= 11 is 0. The number of para-hydroxylation sites is 4. The molecular formula is C65H46N6OPt-2. The molecule has 9 aromatic carbocycles. The van der Waals surface area contributed by atoms with Gasteiger partial charge in [0.15, 0.2) is 5.82 Å². The number of hydrogen-bond donors (Lipinski definition) is 0. The molecule has 0 saturated carbocycles. The molecule has 0 bridgehead atoms. The second kappa shape index (κ2) is 18.5. The van der Waals surface area contributed by atoms with Crippen molar-refractivity contribution in [3.05, 3.63) is 249 Å². The van der Waals surface area contributed by atoms with Crippen LogP contribution in [0.2, 0.25) is 0 Å². The summed E-state index contributed by atoms with van der Waals surface area (Å²) in [6.45, 7) is 6.70. The van der Waals surface area contributed by atoms with Crippen LogP contribution in [0.4, 0.5) is 0 Å². The summed E-state index contributed by atoms with van der Waals surface area (Å²) < 4.78 is 15.5. The molecule has 0 unspecified atom stereocenters. The zero-order valence-corrected chi connectivity index (χ0v) is 42.5. The van der Waals surface area contributed by atoms with Gasteiger partial charge in [-0.3, -0.25) is 0 Å². The molecule has 0 amide bonds. The van der Waals surface area contributed by atoms with Gasteiger partial charge in [-0.05, 0) is 74.6 Å². The largest absolute Gasteiger partial charge is 0.510 e. The van der Waals surface area contributed by atoms with Gasteiger partial charge in [0.25, 0.3) is 6.33 Å². The Morgan fingerprint density at radius 3 is 1.67 bits per heavy atom. The van der Waals surface area contributed by atoms with Gasteiger partial charge < -0.3 is 18.4 Å². The number of aromatic nitrogens is 6. The summed E-state index contributed by atoms with van der Waals surface area (Å²) in [4.78, 5) is 5.02. The topological polar surface area (TPSA) is 53.7 Å². The number of benzene rings is 9. The second-order valence-corrected chi connectivity index (χ2v) is 19.1. The van der Waals surface area contributed by atoms with Crippen molar-refractivity contribution in [2.24, 2.45) is 0 Å². The van der Waals surface area contributed by atoms with Gasteiger partial charge in [0.2, 0.25) is 0 Å². The van der Waals surface area contributed by atoms with Crippen LogP contribution in [0, 0.1) is 18.5 Å². The van der Waals surface area contributed by atoms with Gasteiger partial charge in [0.1, 0.15) is 5.82 Å². The van der Waals surface area contributed by atoms with Crippen molar-refractivity contribution in [3.8, 4) is 68.0 Å². The van der Waals surface area contributed by atoms with Gasteiger partial charge in [0, 0.05) is 60.6 Å². The van der Waals surface area contributed by atoms with E-state index in [2.05, 4.69) is 218 Å². The van der Waals surface area contributed by atoms with Crippen molar-refractivity contribution in [2.45, 2.75) is 26.2 Å². The van der Waals surface area contributed by atoms with Crippen molar-refractivity contribution in [1.29, 1.82) is 0 Å². The van der Waals surface area contributed by atoms with Crippen LogP contribution >= 0.6 is 0 Å². The zero-order chi connectivity index (χ0) is 48.3. The number of fused-ring (bicyclic) bond motifs is 6. The van der Waals surface area contributed by atoms with E-state index in [1.165, 1.54) is 16.3 Å². The fourth-order valence-electron chi connectivity index (χ4n) is 10.2. The summed E-state index contributed by atoms with van der Waals surface area (Å²) in [5.41, 5.74) is 12.9. The van der Waals surface area contributed by atoms with Crippen molar-refractivity contribution in [3.63, 3.8) is 0 Å². The number of pyridine rings is 1. The minimum absolute atomic E-state index is 0. The molecule has 8 heteroatoms. The Morgan fingerprint density at radius 2 is 1.05 bits per heavy atom. The standard InChI is InChI=1S/C65H46N6O.Pt/c1-65(2,3)47-37-38-66-61(39-47)71-58-36-18-15-31-55(58)62-59(70-56-34-16-13-29-53(56)54-30-14-17-35-57(54)70)41-50(42-60(62)71)72-49-28-19-27-48(40-49)68-43-69(67-64(68)46-25-11-6-12-26-46)63-51(44-21-7-4-8-22-44)32-20-33-52(63)45-23-9-5-10-24-45;/h4-39,41H,1-3H3;/q-2;. The molecule has 0 aliphatic heterocycles. The van der Waals surface area contributed by atoms with E-state index in [1.807, 2.05) is 64.0 Å². The fraction of sp³-hybridized carbons (Fsp3) is 0.0615. The SMILES string of the molecule is CC(C)(C)c1ccnc(-n2c3[c-]c(Oc4[c-]c(-n5[c-][n+](-c6c(-c7ccccc7)cccc6-c6ccccc6)nc5-c5ccccc5)ccc4)cc(-n4c5ccccc5c5ccccc54)c3c3ccccc32)c1.[Pt]. The molecule has 0 fully saturated rings. The molecule has 4 heterocycles. The summed E-state index contributed by atoms with van der Waals surface area (Å²) in [6.07, 6.45) is 5.59. The van der Waals surface area contributed by atoms with Crippen molar-refractivity contribution >= 4 is 43.6 Å². The third kappa shape index (κ3) is 8.03. The molecule has 0 spiro atoms. The Labute approximate surface area is 438 Å².